The molecular weight excluding hydrogens is 315 g/mol. The number of alkyl halides is 1. The van der Waals surface area contributed by atoms with Crippen LogP contribution in [0.3, 0.4) is 0 Å². The van der Waals surface area contributed by atoms with Gasteiger partial charge in [-0.3, -0.25) is 0 Å². The van der Waals surface area contributed by atoms with E-state index in [9.17, 15) is 4.39 Å². The van der Waals surface area contributed by atoms with Crippen LogP contribution in [0.4, 0.5) is 4.39 Å². The van der Waals surface area contributed by atoms with Gasteiger partial charge in [-0.25, -0.2) is 4.39 Å². The molecule has 1 aromatic rings. The summed E-state index contributed by atoms with van der Waals surface area (Å²) in [7, 11) is 0. The maximum atomic E-state index is 13.4. The van der Waals surface area contributed by atoms with Crippen LogP contribution in [0.5, 0.6) is 0 Å². The van der Waals surface area contributed by atoms with Crippen molar-refractivity contribution in [2.24, 2.45) is 11.3 Å². The van der Waals surface area contributed by atoms with Crippen LogP contribution in [-0.4, -0.2) is 0 Å². The smallest absolute Gasteiger partial charge is 0.127 e. The monoisotopic (exact) mass is 334 g/mol. The van der Waals surface area contributed by atoms with Crippen LogP contribution in [-0.2, 0) is 0 Å². The fraction of sp³-hybridized carbons (Fsp3) is 0.600. The summed E-state index contributed by atoms with van der Waals surface area (Å²) in [6.45, 7) is 10.7. The zero-order chi connectivity index (χ0) is 14.1. The summed E-state index contributed by atoms with van der Waals surface area (Å²) in [4.78, 5) is 0.165. The highest BCUT2D eigenvalue weighted by molar-refractivity contribution is 9.09. The molecule has 18 heavy (non-hydrogen) atoms. The van der Waals surface area contributed by atoms with E-state index in [0.29, 0.717) is 16.5 Å². The largest absolute Gasteiger partial charge is 0.207 e. The predicted molar refractivity (Wildman–Crippen MR) is 81.1 cm³/mol. The van der Waals surface area contributed by atoms with Gasteiger partial charge in [0.15, 0.2) is 0 Å². The Labute approximate surface area is 123 Å². The lowest BCUT2D eigenvalue weighted by Crippen LogP contribution is -2.18. The Morgan fingerprint density at radius 1 is 1.33 bits per heavy atom. The molecule has 1 aromatic carbocycles. The third kappa shape index (κ3) is 3.96. The van der Waals surface area contributed by atoms with Crippen molar-refractivity contribution in [3.8, 4) is 0 Å². The Hall–Kier alpha value is -0.0800. The molecule has 102 valence electrons. The Morgan fingerprint density at radius 3 is 2.39 bits per heavy atom. The van der Waals surface area contributed by atoms with Crippen molar-refractivity contribution < 1.29 is 4.39 Å². The zero-order valence-electron chi connectivity index (χ0n) is 11.7. The first kappa shape index (κ1) is 16.0. The van der Waals surface area contributed by atoms with Crippen molar-refractivity contribution in [1.29, 1.82) is 0 Å². The van der Waals surface area contributed by atoms with E-state index in [1.54, 1.807) is 6.92 Å². The lowest BCUT2D eigenvalue weighted by Gasteiger charge is -2.29. The number of benzene rings is 1. The number of hydrogen-bond donors (Lipinski definition) is 0. The standard InChI is InChI=1S/C15H21BrClF/c1-9-6-11(13(17)8-14(9)18)12(16)7-10(2)15(3,4)5/h6,8,10,12H,7H2,1-5H3. The van der Waals surface area contributed by atoms with Crippen molar-refractivity contribution in [1.82, 2.24) is 0 Å². The molecule has 0 radical (unpaired) electrons. The van der Waals surface area contributed by atoms with Crippen molar-refractivity contribution in [2.45, 2.75) is 45.9 Å². The molecule has 0 heterocycles. The number of rotatable bonds is 3. The van der Waals surface area contributed by atoms with E-state index in [0.717, 1.165) is 12.0 Å². The maximum absolute atomic E-state index is 13.4. The van der Waals surface area contributed by atoms with Crippen LogP contribution >= 0.6 is 27.5 Å². The minimum atomic E-state index is -0.243. The molecule has 2 unspecified atom stereocenters. The predicted octanol–water partition coefficient (Wildman–Crippen LogP) is 6.30. The van der Waals surface area contributed by atoms with Gasteiger partial charge in [0.1, 0.15) is 5.82 Å². The second-order valence-corrected chi connectivity index (χ2v) is 7.61. The van der Waals surface area contributed by atoms with Crippen molar-refractivity contribution in [2.75, 3.05) is 0 Å². The Morgan fingerprint density at radius 2 is 1.89 bits per heavy atom. The summed E-state index contributed by atoms with van der Waals surface area (Å²) in [6.07, 6.45) is 0.980. The molecule has 0 aliphatic heterocycles. The first-order valence-electron chi connectivity index (χ1n) is 6.22. The van der Waals surface area contributed by atoms with Crippen LogP contribution in [0.1, 0.15) is 50.1 Å². The van der Waals surface area contributed by atoms with Crippen LogP contribution in [0, 0.1) is 24.1 Å². The number of halogens is 3. The van der Waals surface area contributed by atoms with Gasteiger partial charge >= 0.3 is 0 Å². The SMILES string of the molecule is Cc1cc(C(Br)CC(C)C(C)(C)C)c(Cl)cc1F. The summed E-state index contributed by atoms with van der Waals surface area (Å²) in [5.74, 6) is 0.302. The van der Waals surface area contributed by atoms with E-state index in [2.05, 4.69) is 43.6 Å². The highest BCUT2D eigenvalue weighted by Crippen LogP contribution is 2.40. The minimum Gasteiger partial charge on any atom is -0.207 e. The first-order valence-corrected chi connectivity index (χ1v) is 7.52. The van der Waals surface area contributed by atoms with Gasteiger partial charge in [-0.1, -0.05) is 61.3 Å². The fourth-order valence-corrected chi connectivity index (χ4v) is 3.06. The molecule has 0 spiro atoms. The highest BCUT2D eigenvalue weighted by Gasteiger charge is 2.24. The van der Waals surface area contributed by atoms with Crippen molar-refractivity contribution >= 4 is 27.5 Å². The molecule has 0 bridgehead atoms. The summed E-state index contributed by atoms with van der Waals surface area (Å²) in [6, 6.07) is 3.24. The van der Waals surface area contributed by atoms with Gasteiger partial charge < -0.3 is 0 Å². The fourth-order valence-electron chi connectivity index (χ4n) is 1.71. The molecule has 0 nitrogen and oxygen atoms in total. The van der Waals surface area contributed by atoms with Gasteiger partial charge in [0, 0.05) is 9.85 Å². The Balaban J connectivity index is 2.91. The van der Waals surface area contributed by atoms with Crippen molar-refractivity contribution in [3.05, 3.63) is 34.1 Å². The van der Waals surface area contributed by atoms with Crippen molar-refractivity contribution in [3.63, 3.8) is 0 Å². The lowest BCUT2D eigenvalue weighted by molar-refractivity contribution is 0.246. The van der Waals surface area contributed by atoms with E-state index < -0.39 is 0 Å². The first-order chi connectivity index (χ1) is 8.12. The molecule has 0 aliphatic rings. The van der Waals surface area contributed by atoms with E-state index in [4.69, 9.17) is 11.6 Å². The molecule has 0 saturated carbocycles. The Bertz CT molecular complexity index is 423. The van der Waals surface area contributed by atoms with Gasteiger partial charge in [0.2, 0.25) is 0 Å². The maximum Gasteiger partial charge on any atom is 0.127 e. The quantitative estimate of drug-likeness (QED) is 0.569. The molecule has 0 fully saturated rings. The summed E-state index contributed by atoms with van der Waals surface area (Å²) in [5, 5.41) is 0.501. The summed E-state index contributed by atoms with van der Waals surface area (Å²) in [5.41, 5.74) is 1.88. The van der Waals surface area contributed by atoms with Crippen LogP contribution in [0.25, 0.3) is 0 Å². The van der Waals surface area contributed by atoms with Gasteiger partial charge in [-0.2, -0.15) is 0 Å². The number of aryl methyl sites for hydroxylation is 1. The molecule has 3 heteroatoms. The minimum absolute atomic E-state index is 0.165. The molecular formula is C15H21BrClF. The topological polar surface area (TPSA) is 0 Å². The second-order valence-electron chi connectivity index (χ2n) is 6.09. The molecule has 0 saturated heterocycles. The van der Waals surface area contributed by atoms with E-state index in [1.165, 1.54) is 6.07 Å². The van der Waals surface area contributed by atoms with Gasteiger partial charge in [-0.05, 0) is 41.9 Å². The lowest BCUT2D eigenvalue weighted by atomic mass is 9.79. The van der Waals surface area contributed by atoms with Gasteiger partial charge in [-0.15, -0.1) is 0 Å². The number of hydrogen-bond acceptors (Lipinski definition) is 0. The zero-order valence-corrected chi connectivity index (χ0v) is 14.0. The molecule has 2 atom stereocenters. The average Bonchev–Trinajstić information content (AvgIpc) is 2.21. The molecule has 1 rings (SSSR count). The molecule has 0 amide bonds. The van der Waals surface area contributed by atoms with Crippen LogP contribution in [0.15, 0.2) is 12.1 Å². The van der Waals surface area contributed by atoms with E-state index in [1.807, 2.05) is 6.07 Å². The third-order valence-corrected chi connectivity index (χ3v) is 4.85. The second kappa shape index (κ2) is 5.92. The third-order valence-electron chi connectivity index (χ3n) is 3.65. The molecule has 0 aliphatic carbocycles. The average molecular weight is 336 g/mol. The Kier molecular flexibility index (Phi) is 5.25. The van der Waals surface area contributed by atoms with Crippen LogP contribution in [0.2, 0.25) is 5.02 Å². The normalized spacial score (nSPS) is 15.6. The van der Waals surface area contributed by atoms with Gasteiger partial charge in [0.25, 0.3) is 0 Å². The van der Waals surface area contributed by atoms with E-state index >= 15 is 0 Å². The summed E-state index contributed by atoms with van der Waals surface area (Å²) >= 11 is 9.81. The van der Waals surface area contributed by atoms with Gasteiger partial charge in [0.05, 0.1) is 0 Å². The highest BCUT2D eigenvalue weighted by atomic mass is 79.9. The van der Waals surface area contributed by atoms with Crippen LogP contribution < -0.4 is 0 Å². The van der Waals surface area contributed by atoms with E-state index in [-0.39, 0.29) is 16.1 Å². The molecule has 0 aromatic heterocycles. The summed E-state index contributed by atoms with van der Waals surface area (Å²) < 4.78 is 13.4. The molecule has 0 N–H and O–H groups in total.